The lowest BCUT2D eigenvalue weighted by molar-refractivity contribution is -0.0518. The topological polar surface area (TPSA) is 0 Å². The van der Waals surface area contributed by atoms with Gasteiger partial charge in [-0.2, -0.15) is 0 Å². The summed E-state index contributed by atoms with van der Waals surface area (Å²) < 4.78 is 0. The van der Waals surface area contributed by atoms with E-state index in [0.29, 0.717) is 5.41 Å². The Labute approximate surface area is 150 Å². The van der Waals surface area contributed by atoms with Crippen molar-refractivity contribution in [2.24, 2.45) is 23.2 Å². The lowest BCUT2D eigenvalue weighted by atomic mass is 9.48. The summed E-state index contributed by atoms with van der Waals surface area (Å²) in [4.78, 5) is 0. The predicted octanol–water partition coefficient (Wildman–Crippen LogP) is 6.75. The van der Waals surface area contributed by atoms with Gasteiger partial charge in [-0.05, 0) is 101 Å². The minimum atomic E-state index is 0.599. The highest BCUT2D eigenvalue weighted by Crippen LogP contribution is 2.61. The van der Waals surface area contributed by atoms with E-state index in [4.69, 9.17) is 0 Å². The van der Waals surface area contributed by atoms with E-state index in [9.17, 15) is 0 Å². The van der Waals surface area contributed by atoms with Gasteiger partial charge in [-0.15, -0.1) is 0 Å². The second kappa shape index (κ2) is 5.10. The number of rotatable bonds is 2. The van der Waals surface area contributed by atoms with Crippen molar-refractivity contribution in [3.8, 4) is 0 Å². The molecule has 3 aromatic rings. The van der Waals surface area contributed by atoms with Gasteiger partial charge in [-0.3, -0.25) is 0 Å². The third-order valence-electron chi connectivity index (χ3n) is 7.60. The maximum atomic E-state index is 2.38. The fourth-order valence-electron chi connectivity index (χ4n) is 7.18. The summed E-state index contributed by atoms with van der Waals surface area (Å²) in [7, 11) is 0. The molecule has 0 N–H and O–H groups in total. The number of fused-ring (bicyclic) bond motifs is 2. The minimum Gasteiger partial charge on any atom is -0.0616 e. The summed E-state index contributed by atoms with van der Waals surface area (Å²) in [6, 6.07) is 20.5. The van der Waals surface area contributed by atoms with Crippen molar-refractivity contribution in [2.45, 2.75) is 44.9 Å². The molecule has 0 heterocycles. The van der Waals surface area contributed by atoms with Crippen molar-refractivity contribution in [1.29, 1.82) is 0 Å². The molecule has 4 saturated carbocycles. The summed E-state index contributed by atoms with van der Waals surface area (Å²) in [6.07, 6.45) is 10.4. The standard InChI is InChI=1S/C25H26/c1-3-7-22-20(5-1)12-21-6-2-4-8-23(21)24(22)16-25-13-17-9-18(14-25)11-19(10-17)15-25/h1-8,12,17-19H,9-11,13-16H2. The first-order valence-electron chi connectivity index (χ1n) is 10.2. The largest absolute Gasteiger partial charge is 0.0616 e. The molecule has 0 saturated heterocycles. The van der Waals surface area contributed by atoms with E-state index in [1.165, 1.54) is 66.5 Å². The van der Waals surface area contributed by atoms with Crippen LogP contribution in [0.15, 0.2) is 54.6 Å². The molecule has 0 aromatic heterocycles. The molecule has 7 rings (SSSR count). The van der Waals surface area contributed by atoms with Crippen molar-refractivity contribution in [1.82, 2.24) is 0 Å². The van der Waals surface area contributed by atoms with Crippen LogP contribution in [-0.4, -0.2) is 0 Å². The van der Waals surface area contributed by atoms with Crippen LogP contribution in [0.5, 0.6) is 0 Å². The van der Waals surface area contributed by atoms with Gasteiger partial charge in [-0.25, -0.2) is 0 Å². The Bertz CT molecular complexity index is 875. The maximum absolute atomic E-state index is 2.38. The van der Waals surface area contributed by atoms with Crippen molar-refractivity contribution in [3.05, 3.63) is 60.2 Å². The Morgan fingerprint density at radius 3 is 1.68 bits per heavy atom. The first-order chi connectivity index (χ1) is 12.3. The van der Waals surface area contributed by atoms with Crippen molar-refractivity contribution in [3.63, 3.8) is 0 Å². The monoisotopic (exact) mass is 326 g/mol. The molecule has 4 fully saturated rings. The van der Waals surface area contributed by atoms with Crippen LogP contribution >= 0.6 is 0 Å². The molecule has 0 heteroatoms. The van der Waals surface area contributed by atoms with Gasteiger partial charge in [0.25, 0.3) is 0 Å². The lowest BCUT2D eigenvalue weighted by Crippen LogP contribution is -2.47. The number of hydrogen-bond donors (Lipinski definition) is 0. The highest BCUT2D eigenvalue weighted by Gasteiger charge is 2.50. The zero-order chi connectivity index (χ0) is 16.4. The Kier molecular flexibility index (Phi) is 2.93. The van der Waals surface area contributed by atoms with Crippen LogP contribution in [0.2, 0.25) is 0 Å². The van der Waals surface area contributed by atoms with Crippen LogP contribution in [0.3, 0.4) is 0 Å². The molecule has 0 aliphatic heterocycles. The van der Waals surface area contributed by atoms with E-state index < -0.39 is 0 Å². The van der Waals surface area contributed by atoms with E-state index in [0.717, 1.165) is 17.8 Å². The van der Waals surface area contributed by atoms with Gasteiger partial charge < -0.3 is 0 Å². The van der Waals surface area contributed by atoms with E-state index in [2.05, 4.69) is 54.6 Å². The van der Waals surface area contributed by atoms with Gasteiger partial charge in [0.05, 0.1) is 0 Å². The molecule has 0 spiro atoms. The van der Waals surface area contributed by atoms with Crippen LogP contribution in [0.1, 0.15) is 44.1 Å². The van der Waals surface area contributed by atoms with E-state index >= 15 is 0 Å². The summed E-state index contributed by atoms with van der Waals surface area (Å²) in [5.74, 6) is 3.10. The van der Waals surface area contributed by atoms with Gasteiger partial charge in [0.15, 0.2) is 0 Å². The summed E-state index contributed by atoms with van der Waals surface area (Å²) >= 11 is 0. The van der Waals surface area contributed by atoms with Gasteiger partial charge >= 0.3 is 0 Å². The molecule has 0 atom stereocenters. The Morgan fingerprint density at radius 2 is 1.16 bits per heavy atom. The second-order valence-electron chi connectivity index (χ2n) is 9.39. The smallest absolute Gasteiger partial charge is 0.0145 e. The summed E-state index contributed by atoms with van der Waals surface area (Å²) in [5, 5.41) is 5.83. The Morgan fingerprint density at radius 1 is 0.680 bits per heavy atom. The minimum absolute atomic E-state index is 0.599. The normalized spacial score (nSPS) is 33.4. The van der Waals surface area contributed by atoms with Gasteiger partial charge in [0.1, 0.15) is 0 Å². The maximum Gasteiger partial charge on any atom is -0.0145 e. The zero-order valence-corrected chi connectivity index (χ0v) is 14.9. The van der Waals surface area contributed by atoms with Crippen molar-refractivity contribution in [2.75, 3.05) is 0 Å². The molecule has 0 amide bonds. The first-order valence-corrected chi connectivity index (χ1v) is 10.2. The molecule has 3 aromatic carbocycles. The molecule has 4 bridgehead atoms. The molecule has 4 aliphatic carbocycles. The van der Waals surface area contributed by atoms with E-state index in [1.807, 2.05) is 0 Å². The average molecular weight is 326 g/mol. The van der Waals surface area contributed by atoms with Crippen LogP contribution in [0, 0.1) is 23.2 Å². The summed E-state index contributed by atoms with van der Waals surface area (Å²) in [5.41, 5.74) is 2.23. The molecule has 126 valence electrons. The molecule has 4 aliphatic rings. The molecule has 0 nitrogen and oxygen atoms in total. The summed E-state index contributed by atoms with van der Waals surface area (Å²) in [6.45, 7) is 0. The highest BCUT2D eigenvalue weighted by molar-refractivity contribution is 6.02. The van der Waals surface area contributed by atoms with Gasteiger partial charge in [0, 0.05) is 0 Å². The molecule has 0 radical (unpaired) electrons. The number of benzene rings is 3. The SMILES string of the molecule is c1ccc2c(CC34CC5CC(CC(C5)C3)C4)c3ccccc3cc2c1. The van der Waals surface area contributed by atoms with E-state index in [1.54, 1.807) is 5.56 Å². The van der Waals surface area contributed by atoms with Crippen LogP contribution < -0.4 is 0 Å². The average Bonchev–Trinajstić information content (AvgIpc) is 2.60. The molecular weight excluding hydrogens is 300 g/mol. The van der Waals surface area contributed by atoms with Gasteiger partial charge in [-0.1, -0.05) is 48.5 Å². The lowest BCUT2D eigenvalue weighted by Gasteiger charge is -2.57. The Hall–Kier alpha value is -1.82. The molecule has 0 unspecified atom stereocenters. The fourth-order valence-corrected chi connectivity index (χ4v) is 7.18. The van der Waals surface area contributed by atoms with Crippen LogP contribution in [-0.2, 0) is 6.42 Å². The van der Waals surface area contributed by atoms with Crippen LogP contribution in [0.25, 0.3) is 21.5 Å². The van der Waals surface area contributed by atoms with Gasteiger partial charge in [0.2, 0.25) is 0 Å². The first kappa shape index (κ1) is 14.4. The van der Waals surface area contributed by atoms with Crippen molar-refractivity contribution >= 4 is 21.5 Å². The quantitative estimate of drug-likeness (QED) is 0.457. The van der Waals surface area contributed by atoms with E-state index in [-0.39, 0.29) is 0 Å². The van der Waals surface area contributed by atoms with Crippen molar-refractivity contribution < 1.29 is 0 Å². The highest BCUT2D eigenvalue weighted by atomic mass is 14.6. The third kappa shape index (κ3) is 2.19. The second-order valence-corrected chi connectivity index (χ2v) is 9.39. The number of hydrogen-bond acceptors (Lipinski definition) is 0. The molecular formula is C25H26. The van der Waals surface area contributed by atoms with Crippen LogP contribution in [0.4, 0.5) is 0 Å². The zero-order valence-electron chi connectivity index (χ0n) is 14.9. The fraction of sp³-hybridized carbons (Fsp3) is 0.440. The predicted molar refractivity (Wildman–Crippen MR) is 106 cm³/mol. The molecule has 25 heavy (non-hydrogen) atoms. The Balaban J connectivity index is 1.54. The third-order valence-corrected chi connectivity index (χ3v) is 7.60.